The minimum absolute atomic E-state index is 0.291. The van der Waals surface area contributed by atoms with Gasteiger partial charge in [-0.25, -0.2) is 9.59 Å². The maximum absolute atomic E-state index is 12.5. The molecule has 0 radical (unpaired) electrons. The van der Waals surface area contributed by atoms with Crippen molar-refractivity contribution in [3.05, 3.63) is 35.4 Å². The zero-order valence-electron chi connectivity index (χ0n) is 23.7. The van der Waals surface area contributed by atoms with E-state index in [4.69, 9.17) is 9.47 Å². The Morgan fingerprint density at radius 2 is 0.944 bits per heavy atom. The van der Waals surface area contributed by atoms with Crippen molar-refractivity contribution in [2.75, 3.05) is 13.2 Å². The first-order chi connectivity index (χ1) is 17.6. The summed E-state index contributed by atoms with van der Waals surface area (Å²) >= 11 is 0. The Morgan fingerprint density at radius 1 is 0.583 bits per heavy atom. The SMILES string of the molecule is CCCCCCCCCCCCCCCCCCOC(=O)c1ccccc1C(=O)OCCCC(C)C. The van der Waals surface area contributed by atoms with E-state index in [0.29, 0.717) is 30.3 Å². The Hall–Kier alpha value is -1.84. The highest BCUT2D eigenvalue weighted by atomic mass is 16.5. The molecule has 0 aliphatic carbocycles. The molecule has 36 heavy (non-hydrogen) atoms. The molecule has 4 heteroatoms. The molecule has 0 atom stereocenters. The second-order valence-electron chi connectivity index (χ2n) is 10.7. The minimum atomic E-state index is -0.450. The summed E-state index contributed by atoms with van der Waals surface area (Å²) in [6.45, 7) is 7.34. The van der Waals surface area contributed by atoms with Crippen LogP contribution in [0.25, 0.3) is 0 Å². The van der Waals surface area contributed by atoms with Gasteiger partial charge in [0.05, 0.1) is 24.3 Å². The normalized spacial score (nSPS) is 11.1. The first kappa shape index (κ1) is 32.2. The number of benzene rings is 1. The molecule has 0 fully saturated rings. The average Bonchev–Trinajstić information content (AvgIpc) is 2.88. The van der Waals surface area contributed by atoms with E-state index in [1.165, 1.54) is 89.9 Å². The number of unbranched alkanes of at least 4 members (excludes halogenated alkanes) is 15. The number of rotatable bonds is 23. The summed E-state index contributed by atoms with van der Waals surface area (Å²) in [5.74, 6) is -0.310. The van der Waals surface area contributed by atoms with Crippen LogP contribution in [-0.4, -0.2) is 25.2 Å². The molecule has 4 nitrogen and oxygen atoms in total. The fraction of sp³-hybridized carbons (Fsp3) is 0.750. The molecule has 0 N–H and O–H groups in total. The Balaban J connectivity index is 2.04. The Kier molecular flexibility index (Phi) is 20.0. The lowest BCUT2D eigenvalue weighted by Gasteiger charge is -2.10. The summed E-state index contributed by atoms with van der Waals surface area (Å²) < 4.78 is 10.8. The largest absolute Gasteiger partial charge is 0.462 e. The van der Waals surface area contributed by atoms with Crippen LogP contribution < -0.4 is 0 Å². The van der Waals surface area contributed by atoms with Gasteiger partial charge in [-0.3, -0.25) is 0 Å². The summed E-state index contributed by atoms with van der Waals surface area (Å²) in [4.78, 5) is 24.9. The van der Waals surface area contributed by atoms with Crippen molar-refractivity contribution >= 4 is 11.9 Å². The van der Waals surface area contributed by atoms with E-state index in [9.17, 15) is 9.59 Å². The highest BCUT2D eigenvalue weighted by molar-refractivity contribution is 6.03. The topological polar surface area (TPSA) is 52.6 Å². The third-order valence-electron chi connectivity index (χ3n) is 6.76. The lowest BCUT2D eigenvalue weighted by atomic mass is 10.0. The smallest absolute Gasteiger partial charge is 0.339 e. The van der Waals surface area contributed by atoms with Gasteiger partial charge in [0.2, 0.25) is 0 Å². The molecule has 1 aromatic rings. The summed E-state index contributed by atoms with van der Waals surface area (Å²) in [6.07, 6.45) is 22.9. The molecule has 0 aliphatic heterocycles. The summed E-state index contributed by atoms with van der Waals surface area (Å²) in [7, 11) is 0. The molecule has 0 unspecified atom stereocenters. The number of carbonyl (C=O) groups excluding carboxylic acids is 2. The second-order valence-corrected chi connectivity index (χ2v) is 10.7. The molecule has 206 valence electrons. The number of hydrogen-bond acceptors (Lipinski definition) is 4. The Labute approximate surface area is 221 Å². The van der Waals surface area contributed by atoms with Gasteiger partial charge in [-0.05, 0) is 37.3 Å². The molecule has 1 rings (SSSR count). The number of carbonyl (C=O) groups is 2. The van der Waals surface area contributed by atoms with Crippen LogP contribution in [0.1, 0.15) is 157 Å². The molecule has 0 aliphatic rings. The van der Waals surface area contributed by atoms with Gasteiger partial charge < -0.3 is 9.47 Å². The van der Waals surface area contributed by atoms with Crippen molar-refractivity contribution in [1.82, 2.24) is 0 Å². The van der Waals surface area contributed by atoms with Gasteiger partial charge in [-0.1, -0.05) is 129 Å². The fourth-order valence-corrected chi connectivity index (χ4v) is 4.47. The van der Waals surface area contributed by atoms with Gasteiger partial charge in [0.25, 0.3) is 0 Å². The zero-order valence-corrected chi connectivity index (χ0v) is 23.7. The molecule has 0 bridgehead atoms. The van der Waals surface area contributed by atoms with E-state index in [1.807, 2.05) is 0 Å². The maximum Gasteiger partial charge on any atom is 0.339 e. The van der Waals surface area contributed by atoms with Crippen LogP contribution in [0.5, 0.6) is 0 Å². The van der Waals surface area contributed by atoms with Crippen LogP contribution in [-0.2, 0) is 9.47 Å². The minimum Gasteiger partial charge on any atom is -0.462 e. The predicted octanol–water partition coefficient (Wildman–Crippen LogP) is 9.70. The monoisotopic (exact) mass is 502 g/mol. The van der Waals surface area contributed by atoms with Gasteiger partial charge in [0, 0.05) is 0 Å². The Bertz CT molecular complexity index is 682. The molecule has 1 aromatic carbocycles. The summed E-state index contributed by atoms with van der Waals surface area (Å²) in [6, 6.07) is 6.77. The second kappa shape index (κ2) is 22.4. The van der Waals surface area contributed by atoms with Crippen molar-refractivity contribution in [1.29, 1.82) is 0 Å². The van der Waals surface area contributed by atoms with Crippen molar-refractivity contribution in [3.8, 4) is 0 Å². The number of esters is 2. The van der Waals surface area contributed by atoms with E-state index in [-0.39, 0.29) is 0 Å². The van der Waals surface area contributed by atoms with Crippen molar-refractivity contribution in [2.45, 2.75) is 136 Å². The molecule has 0 aromatic heterocycles. The van der Waals surface area contributed by atoms with Gasteiger partial charge >= 0.3 is 11.9 Å². The van der Waals surface area contributed by atoms with E-state index in [0.717, 1.165) is 25.7 Å². The summed E-state index contributed by atoms with van der Waals surface area (Å²) in [5, 5.41) is 0. The highest BCUT2D eigenvalue weighted by Gasteiger charge is 2.18. The molecule has 0 saturated carbocycles. The fourth-order valence-electron chi connectivity index (χ4n) is 4.47. The first-order valence-corrected chi connectivity index (χ1v) is 15.0. The van der Waals surface area contributed by atoms with E-state index in [2.05, 4.69) is 20.8 Å². The van der Waals surface area contributed by atoms with Crippen LogP contribution in [0.3, 0.4) is 0 Å². The Morgan fingerprint density at radius 3 is 1.33 bits per heavy atom. The lowest BCUT2D eigenvalue weighted by molar-refractivity contribution is 0.0449. The van der Waals surface area contributed by atoms with Crippen LogP contribution in [0.2, 0.25) is 0 Å². The van der Waals surface area contributed by atoms with Crippen LogP contribution >= 0.6 is 0 Å². The molecular formula is C32H54O4. The highest BCUT2D eigenvalue weighted by Crippen LogP contribution is 2.15. The molecule has 0 amide bonds. The molecular weight excluding hydrogens is 448 g/mol. The molecule has 0 saturated heterocycles. The standard InChI is InChI=1S/C32H54O4/c1-4-5-6-7-8-9-10-11-12-13-14-15-16-17-18-21-26-35-31(33)29-24-19-20-25-30(29)32(34)36-27-22-23-28(2)3/h19-20,24-25,28H,4-18,21-23,26-27H2,1-3H3. The third kappa shape index (κ3) is 16.8. The average molecular weight is 503 g/mol. The number of ether oxygens (including phenoxy) is 2. The van der Waals surface area contributed by atoms with E-state index >= 15 is 0 Å². The van der Waals surface area contributed by atoms with Gasteiger partial charge in [0.1, 0.15) is 0 Å². The van der Waals surface area contributed by atoms with Gasteiger partial charge in [0.15, 0.2) is 0 Å². The van der Waals surface area contributed by atoms with Gasteiger partial charge in [-0.15, -0.1) is 0 Å². The predicted molar refractivity (Wildman–Crippen MR) is 151 cm³/mol. The van der Waals surface area contributed by atoms with Crippen molar-refractivity contribution in [2.24, 2.45) is 5.92 Å². The van der Waals surface area contributed by atoms with Crippen molar-refractivity contribution in [3.63, 3.8) is 0 Å². The van der Waals surface area contributed by atoms with Gasteiger partial charge in [-0.2, -0.15) is 0 Å². The van der Waals surface area contributed by atoms with E-state index < -0.39 is 11.9 Å². The van der Waals surface area contributed by atoms with Crippen molar-refractivity contribution < 1.29 is 19.1 Å². The quantitative estimate of drug-likeness (QED) is 0.110. The first-order valence-electron chi connectivity index (χ1n) is 15.0. The molecule has 0 spiro atoms. The number of hydrogen-bond donors (Lipinski definition) is 0. The third-order valence-corrected chi connectivity index (χ3v) is 6.76. The van der Waals surface area contributed by atoms with Crippen LogP contribution in [0.4, 0.5) is 0 Å². The zero-order chi connectivity index (χ0) is 26.3. The van der Waals surface area contributed by atoms with E-state index in [1.54, 1.807) is 24.3 Å². The summed E-state index contributed by atoms with van der Waals surface area (Å²) in [5.41, 5.74) is 0.585. The molecule has 0 heterocycles. The lowest BCUT2D eigenvalue weighted by Crippen LogP contribution is -2.15. The maximum atomic E-state index is 12.5. The van der Waals surface area contributed by atoms with Crippen LogP contribution in [0, 0.1) is 5.92 Å². The van der Waals surface area contributed by atoms with Crippen LogP contribution in [0.15, 0.2) is 24.3 Å².